The van der Waals surface area contributed by atoms with Crippen molar-refractivity contribution in [3.05, 3.63) is 27.7 Å². The molecule has 0 radical (unpaired) electrons. The average Bonchev–Trinajstić information content (AvgIpc) is 1.99. The lowest BCUT2D eigenvalue weighted by Crippen LogP contribution is -1.94. The van der Waals surface area contributed by atoms with Gasteiger partial charge < -0.3 is 5.73 Å². The number of hydrogen-bond acceptors (Lipinski definition) is 2. The van der Waals surface area contributed by atoms with E-state index in [0.717, 1.165) is 0 Å². The molecule has 0 aliphatic heterocycles. The maximum atomic E-state index is 10.4. The average molecular weight is 190 g/mol. The van der Waals surface area contributed by atoms with E-state index in [9.17, 15) is 4.79 Å². The van der Waals surface area contributed by atoms with Crippen LogP contribution in [0.1, 0.15) is 10.4 Å². The van der Waals surface area contributed by atoms with Crippen molar-refractivity contribution in [2.45, 2.75) is 0 Å². The molecule has 0 aliphatic carbocycles. The zero-order valence-corrected chi connectivity index (χ0v) is 6.99. The van der Waals surface area contributed by atoms with Crippen LogP contribution < -0.4 is 5.73 Å². The fraction of sp³-hybridized carbons (Fsp3) is 0. The van der Waals surface area contributed by atoms with E-state index in [1.807, 2.05) is 0 Å². The van der Waals surface area contributed by atoms with Crippen LogP contribution in [0.15, 0.2) is 12.1 Å². The topological polar surface area (TPSA) is 43.1 Å². The number of nitrogens with two attached hydrogens (primary N) is 1. The molecule has 11 heavy (non-hydrogen) atoms. The molecule has 0 aromatic heterocycles. The molecule has 0 amide bonds. The van der Waals surface area contributed by atoms with Crippen LogP contribution in [0.5, 0.6) is 0 Å². The van der Waals surface area contributed by atoms with Crippen molar-refractivity contribution in [1.29, 1.82) is 0 Å². The molecule has 2 nitrogen and oxygen atoms in total. The van der Waals surface area contributed by atoms with Crippen molar-refractivity contribution < 1.29 is 4.79 Å². The van der Waals surface area contributed by atoms with E-state index in [1.165, 1.54) is 6.07 Å². The van der Waals surface area contributed by atoms with Gasteiger partial charge in [-0.1, -0.05) is 23.2 Å². The predicted octanol–water partition coefficient (Wildman–Crippen LogP) is 2.39. The molecule has 0 heterocycles. The van der Waals surface area contributed by atoms with E-state index in [4.69, 9.17) is 28.9 Å². The molecular formula is C7H5Cl2NO. The van der Waals surface area contributed by atoms with Gasteiger partial charge in [-0.15, -0.1) is 0 Å². The van der Waals surface area contributed by atoms with Gasteiger partial charge in [-0.2, -0.15) is 0 Å². The molecule has 0 bridgehead atoms. The molecule has 58 valence electrons. The van der Waals surface area contributed by atoms with Gasteiger partial charge in [-0.05, 0) is 12.1 Å². The molecule has 0 atom stereocenters. The quantitative estimate of drug-likeness (QED) is 0.545. The van der Waals surface area contributed by atoms with Gasteiger partial charge in [0.15, 0.2) is 6.29 Å². The minimum Gasteiger partial charge on any atom is -0.397 e. The third-order valence-corrected chi connectivity index (χ3v) is 1.96. The molecule has 1 aromatic rings. The van der Waals surface area contributed by atoms with Gasteiger partial charge in [-0.3, -0.25) is 4.79 Å². The second-order valence-electron chi connectivity index (χ2n) is 1.97. The Hall–Kier alpha value is -0.730. The minimum absolute atomic E-state index is 0.231. The number of halogens is 2. The van der Waals surface area contributed by atoms with E-state index >= 15 is 0 Å². The van der Waals surface area contributed by atoms with Crippen molar-refractivity contribution in [2.24, 2.45) is 0 Å². The zero-order valence-electron chi connectivity index (χ0n) is 5.47. The number of rotatable bonds is 1. The van der Waals surface area contributed by atoms with Crippen LogP contribution in [-0.4, -0.2) is 6.29 Å². The second kappa shape index (κ2) is 3.11. The second-order valence-corrected chi connectivity index (χ2v) is 2.79. The Labute approximate surface area is 73.9 Å². The summed E-state index contributed by atoms with van der Waals surface area (Å²) < 4.78 is 0. The van der Waals surface area contributed by atoms with Gasteiger partial charge in [0.25, 0.3) is 0 Å². The Morgan fingerprint density at radius 3 is 2.27 bits per heavy atom. The Morgan fingerprint density at radius 1 is 1.27 bits per heavy atom. The third kappa shape index (κ3) is 1.47. The minimum atomic E-state index is 0.231. The highest BCUT2D eigenvalue weighted by atomic mass is 35.5. The lowest BCUT2D eigenvalue weighted by atomic mass is 10.2. The molecule has 0 fully saturated rings. The number of carbonyl (C=O) groups is 1. The van der Waals surface area contributed by atoms with Crippen molar-refractivity contribution in [3.8, 4) is 0 Å². The number of benzene rings is 1. The number of aldehydes is 1. The van der Waals surface area contributed by atoms with Crippen LogP contribution in [0.2, 0.25) is 10.0 Å². The van der Waals surface area contributed by atoms with E-state index < -0.39 is 0 Å². The van der Waals surface area contributed by atoms with Crippen LogP contribution in [0, 0.1) is 0 Å². The molecular weight excluding hydrogens is 185 g/mol. The summed E-state index contributed by atoms with van der Waals surface area (Å²) in [4.78, 5) is 10.4. The third-order valence-electron chi connectivity index (χ3n) is 1.30. The summed E-state index contributed by atoms with van der Waals surface area (Å²) in [5.41, 5.74) is 5.93. The number of nitrogen functional groups attached to an aromatic ring is 1. The maximum Gasteiger partial charge on any atom is 0.153 e. The van der Waals surface area contributed by atoms with Gasteiger partial charge in [-0.25, -0.2) is 0 Å². The predicted molar refractivity (Wildman–Crippen MR) is 46.3 cm³/mol. The summed E-state index contributed by atoms with van der Waals surface area (Å²) in [6.45, 7) is 0. The van der Waals surface area contributed by atoms with E-state index in [1.54, 1.807) is 6.07 Å². The summed E-state index contributed by atoms with van der Waals surface area (Å²) in [5, 5.41) is 0.665. The van der Waals surface area contributed by atoms with Gasteiger partial charge in [0, 0.05) is 0 Å². The van der Waals surface area contributed by atoms with Gasteiger partial charge in [0.1, 0.15) is 0 Å². The molecule has 1 aromatic carbocycles. The van der Waals surface area contributed by atoms with Crippen molar-refractivity contribution in [1.82, 2.24) is 0 Å². The Kier molecular flexibility index (Phi) is 2.37. The van der Waals surface area contributed by atoms with Crippen LogP contribution >= 0.6 is 23.2 Å². The van der Waals surface area contributed by atoms with Crippen molar-refractivity contribution >= 4 is 35.2 Å². The normalized spacial score (nSPS) is 9.64. The zero-order chi connectivity index (χ0) is 8.43. The van der Waals surface area contributed by atoms with Gasteiger partial charge >= 0.3 is 0 Å². The summed E-state index contributed by atoms with van der Waals surface area (Å²) in [6, 6.07) is 3.08. The molecule has 0 unspecified atom stereocenters. The van der Waals surface area contributed by atoms with E-state index in [2.05, 4.69) is 0 Å². The molecule has 0 saturated carbocycles. The first-order valence-corrected chi connectivity index (χ1v) is 3.61. The first kappa shape index (κ1) is 8.37. The Balaban J connectivity index is 3.40. The smallest absolute Gasteiger partial charge is 0.153 e. The van der Waals surface area contributed by atoms with Crippen LogP contribution in [-0.2, 0) is 0 Å². The maximum absolute atomic E-state index is 10.4. The SMILES string of the molecule is Nc1c(Cl)ccc(Cl)c1C=O. The first-order valence-electron chi connectivity index (χ1n) is 2.85. The number of hydrogen-bond donors (Lipinski definition) is 1. The first-order chi connectivity index (χ1) is 5.16. The van der Waals surface area contributed by atoms with Crippen LogP contribution in [0.25, 0.3) is 0 Å². The number of anilines is 1. The molecule has 2 N–H and O–H groups in total. The monoisotopic (exact) mass is 189 g/mol. The van der Waals surface area contributed by atoms with E-state index in [0.29, 0.717) is 16.3 Å². The molecule has 0 spiro atoms. The summed E-state index contributed by atoms with van der Waals surface area (Å²) in [5.74, 6) is 0. The highest BCUT2D eigenvalue weighted by molar-refractivity contribution is 6.37. The highest BCUT2D eigenvalue weighted by Gasteiger charge is 2.06. The largest absolute Gasteiger partial charge is 0.397 e. The fourth-order valence-electron chi connectivity index (χ4n) is 0.703. The summed E-state index contributed by atoms with van der Waals surface area (Å²) in [6.07, 6.45) is 0.587. The summed E-state index contributed by atoms with van der Waals surface area (Å²) >= 11 is 11.3. The lowest BCUT2D eigenvalue weighted by Gasteiger charge is -2.01. The Bertz CT molecular complexity index is 299. The van der Waals surface area contributed by atoms with Gasteiger partial charge in [0.05, 0.1) is 21.3 Å². The summed E-state index contributed by atoms with van der Waals surface area (Å²) in [7, 11) is 0. The molecule has 1 rings (SSSR count). The fourth-order valence-corrected chi connectivity index (χ4v) is 1.08. The van der Waals surface area contributed by atoms with E-state index in [-0.39, 0.29) is 11.3 Å². The van der Waals surface area contributed by atoms with Crippen LogP contribution in [0.4, 0.5) is 5.69 Å². The van der Waals surface area contributed by atoms with Crippen LogP contribution in [0.3, 0.4) is 0 Å². The Morgan fingerprint density at radius 2 is 1.82 bits per heavy atom. The lowest BCUT2D eigenvalue weighted by molar-refractivity contribution is 0.112. The molecule has 0 aliphatic rings. The highest BCUT2D eigenvalue weighted by Crippen LogP contribution is 2.27. The standard InChI is InChI=1S/C7H5Cl2NO/c8-5-1-2-6(9)7(10)4(5)3-11/h1-3H,10H2. The number of carbonyl (C=O) groups excluding carboxylic acids is 1. The molecule has 0 saturated heterocycles. The van der Waals surface area contributed by atoms with Crippen molar-refractivity contribution in [2.75, 3.05) is 5.73 Å². The van der Waals surface area contributed by atoms with Gasteiger partial charge in [0.2, 0.25) is 0 Å². The van der Waals surface area contributed by atoms with Crippen molar-refractivity contribution in [3.63, 3.8) is 0 Å². The molecule has 4 heteroatoms.